The van der Waals surface area contributed by atoms with Crippen molar-refractivity contribution in [2.75, 3.05) is 0 Å². The second-order valence-electron chi connectivity index (χ2n) is 3.56. The predicted octanol–water partition coefficient (Wildman–Crippen LogP) is 3.16. The average Bonchev–Trinajstić information content (AvgIpc) is 1.56. The molecule has 0 N–H and O–H groups in total. The molecule has 1 aliphatic rings. The molecule has 0 radical (unpaired) electrons. The molecule has 0 aromatic rings. The molecule has 0 unspecified atom stereocenters. The lowest BCUT2D eigenvalue weighted by atomic mass is 9.69. The van der Waals surface area contributed by atoms with Gasteiger partial charge in [0.15, 0.2) is 0 Å². The maximum Gasteiger partial charge on any atom is -0.0197 e. The summed E-state index contributed by atoms with van der Waals surface area (Å²) >= 11 is 0. The fraction of sp³-hybridized carbons (Fsp3) is 0.600. The van der Waals surface area contributed by atoms with Crippen molar-refractivity contribution in [3.63, 3.8) is 0 Å². The summed E-state index contributed by atoms with van der Waals surface area (Å²) < 4.78 is 0. The van der Waals surface area contributed by atoms with Crippen LogP contribution in [0.25, 0.3) is 0 Å². The Bertz CT molecular complexity index is 141. The summed E-state index contributed by atoms with van der Waals surface area (Å²) in [5, 5.41) is 0. The van der Waals surface area contributed by atoms with Crippen LogP contribution in [0.1, 0.15) is 26.7 Å². The van der Waals surface area contributed by atoms with Crippen molar-refractivity contribution in [2.45, 2.75) is 26.7 Å². The normalized spacial score (nSPS) is 31.0. The van der Waals surface area contributed by atoms with Crippen LogP contribution in [-0.4, -0.2) is 0 Å². The van der Waals surface area contributed by atoms with E-state index in [4.69, 9.17) is 0 Å². The summed E-state index contributed by atoms with van der Waals surface area (Å²) in [4.78, 5) is 0. The molecule has 0 aromatic heterocycles. The largest absolute Gasteiger partial charge is 0.0999 e. The molecule has 0 saturated heterocycles. The SMILES string of the molecule is C=C(C)C1CC(C(=C)C)C1. The van der Waals surface area contributed by atoms with Gasteiger partial charge >= 0.3 is 0 Å². The molecule has 10 heavy (non-hydrogen) atoms. The first kappa shape index (κ1) is 7.59. The molecule has 0 heteroatoms. The van der Waals surface area contributed by atoms with Crippen molar-refractivity contribution < 1.29 is 0 Å². The Morgan fingerprint density at radius 3 is 1.50 bits per heavy atom. The molecule has 1 saturated carbocycles. The number of rotatable bonds is 2. The van der Waals surface area contributed by atoms with E-state index in [1.54, 1.807) is 0 Å². The van der Waals surface area contributed by atoms with Crippen LogP contribution in [0.5, 0.6) is 0 Å². The summed E-state index contributed by atoms with van der Waals surface area (Å²) in [6.07, 6.45) is 2.59. The molecule has 1 aliphatic carbocycles. The molecule has 1 rings (SSSR count). The van der Waals surface area contributed by atoms with Gasteiger partial charge in [0.25, 0.3) is 0 Å². The fourth-order valence-corrected chi connectivity index (χ4v) is 1.42. The summed E-state index contributed by atoms with van der Waals surface area (Å²) in [5.41, 5.74) is 2.69. The predicted molar refractivity (Wildman–Crippen MR) is 45.8 cm³/mol. The Morgan fingerprint density at radius 1 is 1.00 bits per heavy atom. The van der Waals surface area contributed by atoms with Crippen LogP contribution in [-0.2, 0) is 0 Å². The van der Waals surface area contributed by atoms with E-state index in [2.05, 4.69) is 27.0 Å². The van der Waals surface area contributed by atoms with E-state index in [1.165, 1.54) is 24.0 Å². The molecule has 0 atom stereocenters. The Balaban J connectivity index is 2.31. The first-order valence-corrected chi connectivity index (χ1v) is 3.92. The Labute approximate surface area is 63.6 Å². The topological polar surface area (TPSA) is 0 Å². The molecular formula is C10H16. The zero-order chi connectivity index (χ0) is 7.72. The number of allylic oxidation sites excluding steroid dienone is 2. The van der Waals surface area contributed by atoms with Crippen LogP contribution < -0.4 is 0 Å². The lowest BCUT2D eigenvalue weighted by molar-refractivity contribution is 0.268. The van der Waals surface area contributed by atoms with Crippen LogP contribution in [0.2, 0.25) is 0 Å². The van der Waals surface area contributed by atoms with Gasteiger partial charge < -0.3 is 0 Å². The highest BCUT2D eigenvalue weighted by molar-refractivity contribution is 5.11. The van der Waals surface area contributed by atoms with Crippen molar-refractivity contribution in [3.05, 3.63) is 24.3 Å². The molecule has 0 spiro atoms. The molecule has 0 bridgehead atoms. The molecule has 56 valence electrons. The van der Waals surface area contributed by atoms with Crippen LogP contribution in [0.4, 0.5) is 0 Å². The average molecular weight is 136 g/mol. The highest BCUT2D eigenvalue weighted by atomic mass is 14.3. The minimum absolute atomic E-state index is 0.793. The van der Waals surface area contributed by atoms with Crippen molar-refractivity contribution in [1.82, 2.24) is 0 Å². The summed E-state index contributed by atoms with van der Waals surface area (Å²) in [6, 6.07) is 0. The zero-order valence-corrected chi connectivity index (χ0v) is 6.98. The summed E-state index contributed by atoms with van der Waals surface area (Å²) in [6.45, 7) is 12.1. The second-order valence-corrected chi connectivity index (χ2v) is 3.56. The van der Waals surface area contributed by atoms with E-state index < -0.39 is 0 Å². The minimum atomic E-state index is 0.793. The maximum atomic E-state index is 3.94. The standard InChI is InChI=1S/C10H16/c1-7(2)9-5-10(6-9)8(3)4/h9-10H,1,3,5-6H2,2,4H3. The Morgan fingerprint density at radius 2 is 1.30 bits per heavy atom. The van der Waals surface area contributed by atoms with Crippen LogP contribution >= 0.6 is 0 Å². The maximum absolute atomic E-state index is 3.94. The van der Waals surface area contributed by atoms with Gasteiger partial charge in [-0.15, -0.1) is 0 Å². The lowest BCUT2D eigenvalue weighted by Gasteiger charge is -2.36. The quantitative estimate of drug-likeness (QED) is 0.511. The lowest BCUT2D eigenvalue weighted by Crippen LogP contribution is -2.24. The van der Waals surface area contributed by atoms with Gasteiger partial charge in [-0.05, 0) is 38.5 Å². The highest BCUT2D eigenvalue weighted by Gasteiger charge is 2.29. The smallest absolute Gasteiger partial charge is 0.0197 e. The van der Waals surface area contributed by atoms with Crippen molar-refractivity contribution >= 4 is 0 Å². The van der Waals surface area contributed by atoms with Gasteiger partial charge in [0.05, 0.1) is 0 Å². The highest BCUT2D eigenvalue weighted by Crippen LogP contribution is 2.41. The monoisotopic (exact) mass is 136 g/mol. The van der Waals surface area contributed by atoms with E-state index in [1.807, 2.05) is 0 Å². The third-order valence-corrected chi connectivity index (χ3v) is 2.53. The van der Waals surface area contributed by atoms with Crippen LogP contribution in [0.3, 0.4) is 0 Å². The van der Waals surface area contributed by atoms with E-state index in [9.17, 15) is 0 Å². The van der Waals surface area contributed by atoms with E-state index in [0.717, 1.165) is 11.8 Å². The summed E-state index contributed by atoms with van der Waals surface area (Å²) in [5.74, 6) is 1.59. The fourth-order valence-electron chi connectivity index (χ4n) is 1.42. The van der Waals surface area contributed by atoms with Gasteiger partial charge in [0.2, 0.25) is 0 Å². The van der Waals surface area contributed by atoms with Gasteiger partial charge in [0, 0.05) is 0 Å². The number of hydrogen-bond acceptors (Lipinski definition) is 0. The van der Waals surface area contributed by atoms with Gasteiger partial charge in [-0.25, -0.2) is 0 Å². The molecule has 0 aliphatic heterocycles. The third kappa shape index (κ3) is 1.31. The minimum Gasteiger partial charge on any atom is -0.0999 e. The van der Waals surface area contributed by atoms with E-state index in [-0.39, 0.29) is 0 Å². The Hall–Kier alpha value is -0.520. The first-order valence-electron chi connectivity index (χ1n) is 3.92. The van der Waals surface area contributed by atoms with Crippen molar-refractivity contribution in [2.24, 2.45) is 11.8 Å². The van der Waals surface area contributed by atoms with Crippen LogP contribution in [0.15, 0.2) is 24.3 Å². The van der Waals surface area contributed by atoms with Gasteiger partial charge in [-0.3, -0.25) is 0 Å². The molecule has 0 nitrogen and oxygen atoms in total. The molecular weight excluding hydrogens is 120 g/mol. The van der Waals surface area contributed by atoms with Gasteiger partial charge in [-0.2, -0.15) is 0 Å². The summed E-state index contributed by atoms with van der Waals surface area (Å²) in [7, 11) is 0. The molecule has 0 aromatic carbocycles. The van der Waals surface area contributed by atoms with Crippen LogP contribution in [0, 0.1) is 11.8 Å². The van der Waals surface area contributed by atoms with Crippen molar-refractivity contribution in [1.29, 1.82) is 0 Å². The van der Waals surface area contributed by atoms with E-state index >= 15 is 0 Å². The van der Waals surface area contributed by atoms with Gasteiger partial charge in [0.1, 0.15) is 0 Å². The Kier molecular flexibility index (Phi) is 1.98. The van der Waals surface area contributed by atoms with Gasteiger partial charge in [-0.1, -0.05) is 24.3 Å². The first-order chi connectivity index (χ1) is 4.61. The molecule has 0 amide bonds. The second kappa shape index (κ2) is 2.61. The molecule has 1 fully saturated rings. The number of hydrogen-bond donors (Lipinski definition) is 0. The van der Waals surface area contributed by atoms with Crippen molar-refractivity contribution in [3.8, 4) is 0 Å². The third-order valence-electron chi connectivity index (χ3n) is 2.53. The van der Waals surface area contributed by atoms with E-state index in [0.29, 0.717) is 0 Å². The zero-order valence-electron chi connectivity index (χ0n) is 6.98. The molecule has 0 heterocycles.